The molecule has 0 aromatic carbocycles. The highest BCUT2D eigenvalue weighted by Gasteiger charge is 1.85. The number of rotatable bonds is 2. The molecule has 3 nitrogen and oxygen atoms in total. The molecule has 0 saturated heterocycles. The molecule has 0 aliphatic carbocycles. The lowest BCUT2D eigenvalue weighted by Gasteiger charge is -1.93. The Morgan fingerprint density at radius 3 is 2.78 bits per heavy atom. The first-order valence-electron chi connectivity index (χ1n) is 2.89. The van der Waals surface area contributed by atoms with Crippen LogP contribution in [-0.4, -0.2) is 12.4 Å². The van der Waals surface area contributed by atoms with Crippen molar-refractivity contribution < 1.29 is 4.84 Å². The normalized spacial score (nSPS) is 12.6. The average molecular weight is 128 g/mol. The molecule has 0 aromatic rings. The molecule has 0 fully saturated rings. The zero-order chi connectivity index (χ0) is 7.11. The molecular formula is C6H12N2O. The molecule has 9 heavy (non-hydrogen) atoms. The third-order valence-electron chi connectivity index (χ3n) is 0.744. The topological polar surface area (TPSA) is 47.6 Å². The molecule has 0 aliphatic rings. The van der Waals surface area contributed by atoms with E-state index in [9.17, 15) is 0 Å². The monoisotopic (exact) mass is 128 g/mol. The quantitative estimate of drug-likeness (QED) is 0.341. The van der Waals surface area contributed by atoms with Gasteiger partial charge in [-0.15, -0.1) is 0 Å². The number of hydrogen-bond donors (Lipinski definition) is 1. The summed E-state index contributed by atoms with van der Waals surface area (Å²) in [6.45, 7) is 4.49. The Morgan fingerprint density at radius 1 is 1.78 bits per heavy atom. The van der Waals surface area contributed by atoms with E-state index in [4.69, 9.17) is 5.90 Å². The van der Waals surface area contributed by atoms with Crippen LogP contribution >= 0.6 is 0 Å². The molecule has 3 heteroatoms. The van der Waals surface area contributed by atoms with E-state index in [2.05, 4.69) is 9.83 Å². The molecule has 0 spiro atoms. The maximum Gasteiger partial charge on any atom is 0.232 e. The van der Waals surface area contributed by atoms with E-state index in [1.165, 1.54) is 0 Å². The van der Waals surface area contributed by atoms with Crippen LogP contribution in [0.15, 0.2) is 17.1 Å². The van der Waals surface area contributed by atoms with Crippen LogP contribution in [0.1, 0.15) is 13.8 Å². The molecule has 0 rings (SSSR count). The van der Waals surface area contributed by atoms with E-state index in [0.29, 0.717) is 12.4 Å². The number of hydrogen-bond acceptors (Lipinski definition) is 3. The molecular weight excluding hydrogens is 116 g/mol. The summed E-state index contributed by atoms with van der Waals surface area (Å²) in [5, 5.41) is 0. The van der Waals surface area contributed by atoms with Gasteiger partial charge in [0.25, 0.3) is 0 Å². The lowest BCUT2D eigenvalue weighted by molar-refractivity contribution is 0.322. The van der Waals surface area contributed by atoms with E-state index in [0.717, 1.165) is 0 Å². The molecule has 0 bridgehead atoms. The molecule has 0 aliphatic heterocycles. The van der Waals surface area contributed by atoms with Crippen molar-refractivity contribution in [1.82, 2.24) is 0 Å². The average Bonchev–Trinajstić information content (AvgIpc) is 1.88. The zero-order valence-corrected chi connectivity index (χ0v) is 5.79. The van der Waals surface area contributed by atoms with Crippen molar-refractivity contribution in [1.29, 1.82) is 0 Å². The molecule has 0 heterocycles. The molecule has 0 radical (unpaired) electrons. The van der Waals surface area contributed by atoms with Gasteiger partial charge < -0.3 is 4.84 Å². The van der Waals surface area contributed by atoms with Crippen LogP contribution in [0.4, 0.5) is 0 Å². The number of aliphatic imine (C=N–C) groups is 1. The number of allylic oxidation sites excluding steroid dienone is 1. The van der Waals surface area contributed by atoms with Crippen molar-refractivity contribution in [2.45, 2.75) is 13.8 Å². The molecule has 0 saturated carbocycles. The summed E-state index contributed by atoms with van der Waals surface area (Å²) in [6.07, 6.45) is 3.53. The highest BCUT2D eigenvalue weighted by atomic mass is 16.6. The summed E-state index contributed by atoms with van der Waals surface area (Å²) in [4.78, 5) is 8.31. The van der Waals surface area contributed by atoms with E-state index in [-0.39, 0.29) is 0 Å². The van der Waals surface area contributed by atoms with Gasteiger partial charge in [0.1, 0.15) is 0 Å². The Balaban J connectivity index is 3.81. The molecule has 0 unspecified atom stereocenters. The fourth-order valence-electron chi connectivity index (χ4n) is 0.428. The Labute approximate surface area is 55.2 Å². The van der Waals surface area contributed by atoms with Gasteiger partial charge in [-0.2, -0.15) is 5.90 Å². The highest BCUT2D eigenvalue weighted by Crippen LogP contribution is 1.80. The minimum absolute atomic E-state index is 0.472. The summed E-state index contributed by atoms with van der Waals surface area (Å²) in [7, 11) is 0. The summed E-state index contributed by atoms with van der Waals surface area (Å²) in [6, 6.07) is 0. The first-order valence-corrected chi connectivity index (χ1v) is 2.89. The van der Waals surface area contributed by atoms with Gasteiger partial charge in [0.15, 0.2) is 0 Å². The van der Waals surface area contributed by atoms with E-state index >= 15 is 0 Å². The highest BCUT2D eigenvalue weighted by molar-refractivity contribution is 5.87. The molecule has 0 atom stereocenters. The van der Waals surface area contributed by atoms with Crippen molar-refractivity contribution >= 4 is 5.90 Å². The standard InChI is InChI=1S/C6H12N2O/c1-3-5-6(9-7)8-4-2/h3,5H,4,7H2,1-2H3/b5-3-,8-6+. The largest absolute Gasteiger partial charge is 0.392 e. The van der Waals surface area contributed by atoms with Crippen molar-refractivity contribution in [3.05, 3.63) is 12.2 Å². The van der Waals surface area contributed by atoms with Gasteiger partial charge in [-0.25, -0.2) is 0 Å². The van der Waals surface area contributed by atoms with Gasteiger partial charge in [-0.05, 0) is 19.9 Å². The molecule has 52 valence electrons. The Kier molecular flexibility index (Phi) is 4.82. The summed E-state index contributed by atoms with van der Waals surface area (Å²) in [5.41, 5.74) is 0. The summed E-state index contributed by atoms with van der Waals surface area (Å²) in [5.74, 6) is 5.34. The van der Waals surface area contributed by atoms with Gasteiger partial charge in [0.2, 0.25) is 5.90 Å². The van der Waals surface area contributed by atoms with Crippen LogP contribution < -0.4 is 5.90 Å². The van der Waals surface area contributed by atoms with Gasteiger partial charge in [-0.3, -0.25) is 4.99 Å². The third kappa shape index (κ3) is 3.73. The van der Waals surface area contributed by atoms with Gasteiger partial charge in [0.05, 0.1) is 0 Å². The van der Waals surface area contributed by atoms with Crippen LogP contribution in [0.25, 0.3) is 0 Å². The Morgan fingerprint density at radius 2 is 2.44 bits per heavy atom. The van der Waals surface area contributed by atoms with E-state index in [1.807, 2.05) is 19.9 Å². The maximum absolute atomic E-state index is 4.86. The van der Waals surface area contributed by atoms with Crippen molar-refractivity contribution in [2.75, 3.05) is 6.54 Å². The van der Waals surface area contributed by atoms with Crippen LogP contribution in [-0.2, 0) is 4.84 Å². The number of nitrogens with two attached hydrogens (primary N) is 1. The van der Waals surface area contributed by atoms with Crippen molar-refractivity contribution in [3.8, 4) is 0 Å². The maximum atomic E-state index is 4.86. The van der Waals surface area contributed by atoms with E-state index in [1.54, 1.807) is 6.08 Å². The van der Waals surface area contributed by atoms with Gasteiger partial charge in [-0.1, -0.05) is 6.08 Å². The second kappa shape index (κ2) is 5.31. The second-order valence-electron chi connectivity index (χ2n) is 1.43. The predicted octanol–water partition coefficient (Wildman–Crippen LogP) is 0.871. The van der Waals surface area contributed by atoms with Crippen LogP contribution in [0.3, 0.4) is 0 Å². The molecule has 2 N–H and O–H groups in total. The summed E-state index contributed by atoms with van der Waals surface area (Å²) >= 11 is 0. The smallest absolute Gasteiger partial charge is 0.232 e. The molecule has 0 amide bonds. The van der Waals surface area contributed by atoms with Crippen molar-refractivity contribution in [2.24, 2.45) is 10.9 Å². The molecule has 0 aromatic heterocycles. The van der Waals surface area contributed by atoms with Crippen LogP contribution in [0, 0.1) is 0 Å². The SMILES string of the molecule is C/C=C\C(=N/CC)ON. The first kappa shape index (κ1) is 8.17. The lowest BCUT2D eigenvalue weighted by atomic mass is 10.5. The van der Waals surface area contributed by atoms with E-state index < -0.39 is 0 Å². The fourth-order valence-corrected chi connectivity index (χ4v) is 0.428. The van der Waals surface area contributed by atoms with Crippen LogP contribution in [0.2, 0.25) is 0 Å². The van der Waals surface area contributed by atoms with Gasteiger partial charge in [0, 0.05) is 6.54 Å². The second-order valence-corrected chi connectivity index (χ2v) is 1.43. The number of nitrogens with zero attached hydrogens (tertiary/aromatic N) is 1. The summed E-state index contributed by atoms with van der Waals surface area (Å²) < 4.78 is 0. The lowest BCUT2D eigenvalue weighted by Crippen LogP contribution is -2.07. The van der Waals surface area contributed by atoms with Crippen LogP contribution in [0.5, 0.6) is 0 Å². The Hall–Kier alpha value is -0.830. The third-order valence-corrected chi connectivity index (χ3v) is 0.744. The van der Waals surface area contributed by atoms with Gasteiger partial charge >= 0.3 is 0 Å². The van der Waals surface area contributed by atoms with Crippen molar-refractivity contribution in [3.63, 3.8) is 0 Å². The Bertz CT molecular complexity index is 118. The minimum Gasteiger partial charge on any atom is -0.392 e. The fraction of sp³-hybridized carbons (Fsp3) is 0.500. The predicted molar refractivity (Wildman–Crippen MR) is 38.1 cm³/mol. The minimum atomic E-state index is 0.472. The first-order chi connectivity index (χ1) is 4.35. The zero-order valence-electron chi connectivity index (χ0n) is 5.79.